The summed E-state index contributed by atoms with van der Waals surface area (Å²) in [4.78, 5) is 1.01. The van der Waals surface area contributed by atoms with Crippen molar-refractivity contribution >= 4 is 33.0 Å². The van der Waals surface area contributed by atoms with Crippen LogP contribution in [-0.4, -0.2) is 15.0 Å². The standard InChI is InChI=1S/C14H16ClNO3S2/c1-3-19-13-7-10(2)12(15)8-14(13)21(17,18)16-9-11-5-4-6-20-11/h4-8,16H,3,9H2,1-2H3. The lowest BCUT2D eigenvalue weighted by Crippen LogP contribution is -2.23. The number of hydrogen-bond acceptors (Lipinski definition) is 4. The van der Waals surface area contributed by atoms with Gasteiger partial charge in [-0.15, -0.1) is 11.3 Å². The summed E-state index contributed by atoms with van der Waals surface area (Å²) >= 11 is 7.54. The Hall–Kier alpha value is -1.08. The summed E-state index contributed by atoms with van der Waals surface area (Å²) in [5, 5.41) is 2.30. The highest BCUT2D eigenvalue weighted by Gasteiger charge is 2.21. The van der Waals surface area contributed by atoms with Crippen LogP contribution in [0.1, 0.15) is 17.4 Å². The summed E-state index contributed by atoms with van der Waals surface area (Å²) in [7, 11) is -3.68. The monoisotopic (exact) mass is 345 g/mol. The maximum Gasteiger partial charge on any atom is 0.244 e. The minimum Gasteiger partial charge on any atom is -0.492 e. The highest BCUT2D eigenvalue weighted by Crippen LogP contribution is 2.30. The molecule has 2 aromatic rings. The van der Waals surface area contributed by atoms with Crippen LogP contribution in [0.3, 0.4) is 0 Å². The molecule has 0 radical (unpaired) electrons. The third-order valence-corrected chi connectivity index (χ3v) is 5.54. The lowest BCUT2D eigenvalue weighted by molar-refractivity contribution is 0.330. The number of nitrogens with one attached hydrogen (secondary N) is 1. The van der Waals surface area contributed by atoms with Gasteiger partial charge in [0.25, 0.3) is 0 Å². The summed E-state index contributed by atoms with van der Waals surface area (Å²) in [5.74, 6) is 0.318. The summed E-state index contributed by atoms with van der Waals surface area (Å²) in [6, 6.07) is 6.83. The van der Waals surface area contributed by atoms with Gasteiger partial charge in [-0.25, -0.2) is 13.1 Å². The van der Waals surface area contributed by atoms with Gasteiger partial charge in [-0.3, -0.25) is 0 Å². The van der Waals surface area contributed by atoms with E-state index in [1.54, 1.807) is 19.9 Å². The van der Waals surface area contributed by atoms with E-state index in [4.69, 9.17) is 16.3 Å². The van der Waals surface area contributed by atoms with Crippen molar-refractivity contribution in [3.63, 3.8) is 0 Å². The Labute approximate surface area is 133 Å². The largest absolute Gasteiger partial charge is 0.492 e. The van der Waals surface area contributed by atoms with Crippen LogP contribution in [0.5, 0.6) is 5.75 Å². The lowest BCUT2D eigenvalue weighted by atomic mass is 10.2. The zero-order valence-corrected chi connectivity index (χ0v) is 14.1. The van der Waals surface area contributed by atoms with Crippen molar-refractivity contribution in [3.8, 4) is 5.75 Å². The second-order valence-electron chi connectivity index (χ2n) is 4.39. The molecule has 0 saturated carbocycles. The van der Waals surface area contributed by atoms with Crippen LogP contribution < -0.4 is 9.46 Å². The number of ether oxygens (including phenoxy) is 1. The summed E-state index contributed by atoms with van der Waals surface area (Å²) < 4.78 is 32.9. The first-order chi connectivity index (χ1) is 9.94. The third-order valence-electron chi connectivity index (χ3n) is 2.83. The van der Waals surface area contributed by atoms with Gasteiger partial charge in [-0.05, 0) is 43.0 Å². The van der Waals surface area contributed by atoms with E-state index in [0.29, 0.717) is 17.4 Å². The maximum atomic E-state index is 12.4. The third kappa shape index (κ3) is 3.97. The van der Waals surface area contributed by atoms with Gasteiger partial charge < -0.3 is 4.74 Å². The molecule has 0 amide bonds. The Balaban J connectivity index is 2.31. The Morgan fingerprint density at radius 2 is 2.14 bits per heavy atom. The number of hydrogen-bond donors (Lipinski definition) is 1. The molecule has 1 heterocycles. The molecule has 0 atom stereocenters. The fourth-order valence-electron chi connectivity index (χ4n) is 1.77. The van der Waals surface area contributed by atoms with E-state index in [0.717, 1.165) is 10.4 Å². The zero-order chi connectivity index (χ0) is 15.5. The van der Waals surface area contributed by atoms with Crippen LogP contribution in [0.2, 0.25) is 5.02 Å². The van der Waals surface area contributed by atoms with Crippen LogP contribution in [0.4, 0.5) is 0 Å². The highest BCUT2D eigenvalue weighted by molar-refractivity contribution is 7.89. The summed E-state index contributed by atoms with van der Waals surface area (Å²) in [6.45, 7) is 4.24. The normalized spacial score (nSPS) is 11.6. The van der Waals surface area contributed by atoms with Gasteiger partial charge in [0, 0.05) is 16.4 Å². The minimum absolute atomic E-state index is 0.0662. The molecule has 1 aromatic carbocycles. The number of rotatable bonds is 6. The van der Waals surface area contributed by atoms with Gasteiger partial charge in [-0.1, -0.05) is 17.7 Å². The van der Waals surface area contributed by atoms with E-state index in [9.17, 15) is 8.42 Å². The molecule has 0 fully saturated rings. The summed E-state index contributed by atoms with van der Waals surface area (Å²) in [5.41, 5.74) is 0.775. The Bertz CT molecular complexity index is 712. The van der Waals surface area contributed by atoms with E-state index in [1.807, 2.05) is 17.5 Å². The first-order valence-electron chi connectivity index (χ1n) is 6.39. The molecule has 0 unspecified atom stereocenters. The minimum atomic E-state index is -3.68. The van der Waals surface area contributed by atoms with Crippen LogP contribution in [0.25, 0.3) is 0 Å². The summed E-state index contributed by atoms with van der Waals surface area (Å²) in [6.07, 6.45) is 0. The van der Waals surface area contributed by atoms with Crippen molar-refractivity contribution in [3.05, 3.63) is 45.1 Å². The molecule has 0 bridgehead atoms. The smallest absolute Gasteiger partial charge is 0.244 e. The number of sulfonamides is 1. The van der Waals surface area contributed by atoms with Crippen molar-refractivity contribution in [2.45, 2.75) is 25.3 Å². The van der Waals surface area contributed by atoms with Crippen LogP contribution in [-0.2, 0) is 16.6 Å². The molecule has 2 rings (SSSR count). The van der Waals surface area contributed by atoms with Crippen LogP contribution in [0.15, 0.2) is 34.5 Å². The highest BCUT2D eigenvalue weighted by atomic mass is 35.5. The van der Waals surface area contributed by atoms with Crippen molar-refractivity contribution in [2.75, 3.05) is 6.61 Å². The van der Waals surface area contributed by atoms with Crippen molar-refractivity contribution in [1.29, 1.82) is 0 Å². The quantitative estimate of drug-likeness (QED) is 0.870. The molecular formula is C14H16ClNO3S2. The zero-order valence-electron chi connectivity index (χ0n) is 11.7. The van der Waals surface area contributed by atoms with Gasteiger partial charge in [0.1, 0.15) is 10.6 Å². The predicted molar refractivity (Wildman–Crippen MR) is 85.7 cm³/mol. The van der Waals surface area contributed by atoms with Crippen molar-refractivity contribution in [1.82, 2.24) is 4.72 Å². The average molecular weight is 346 g/mol. The Morgan fingerprint density at radius 1 is 1.38 bits per heavy atom. The molecule has 0 saturated heterocycles. The van der Waals surface area contributed by atoms with E-state index in [-0.39, 0.29) is 11.4 Å². The van der Waals surface area contributed by atoms with E-state index < -0.39 is 10.0 Å². The second-order valence-corrected chi connectivity index (χ2v) is 7.56. The van der Waals surface area contributed by atoms with Gasteiger partial charge in [-0.2, -0.15) is 0 Å². The first-order valence-corrected chi connectivity index (χ1v) is 9.13. The van der Waals surface area contributed by atoms with Gasteiger partial charge >= 0.3 is 0 Å². The molecule has 21 heavy (non-hydrogen) atoms. The molecule has 0 spiro atoms. The second kappa shape index (κ2) is 6.79. The molecule has 1 N–H and O–H groups in total. The van der Waals surface area contributed by atoms with Gasteiger partial charge in [0.2, 0.25) is 10.0 Å². The number of aryl methyl sites for hydroxylation is 1. The average Bonchev–Trinajstić information content (AvgIpc) is 2.94. The van der Waals surface area contributed by atoms with E-state index in [1.165, 1.54) is 17.4 Å². The molecule has 0 aliphatic rings. The Kier molecular flexibility index (Phi) is 5.27. The van der Waals surface area contributed by atoms with Crippen molar-refractivity contribution < 1.29 is 13.2 Å². The Morgan fingerprint density at radius 3 is 2.76 bits per heavy atom. The first kappa shape index (κ1) is 16.3. The molecule has 1 aromatic heterocycles. The number of benzene rings is 1. The van der Waals surface area contributed by atoms with Crippen molar-refractivity contribution in [2.24, 2.45) is 0 Å². The fraction of sp³-hybridized carbons (Fsp3) is 0.286. The van der Waals surface area contributed by atoms with Crippen LogP contribution >= 0.6 is 22.9 Å². The van der Waals surface area contributed by atoms with E-state index in [2.05, 4.69) is 4.72 Å². The molecule has 0 aliphatic heterocycles. The fourth-order valence-corrected chi connectivity index (χ4v) is 3.89. The molecule has 4 nitrogen and oxygen atoms in total. The molecular weight excluding hydrogens is 330 g/mol. The maximum absolute atomic E-state index is 12.4. The topological polar surface area (TPSA) is 55.4 Å². The molecule has 0 aliphatic carbocycles. The number of halogens is 1. The van der Waals surface area contributed by atoms with E-state index >= 15 is 0 Å². The molecule has 114 valence electrons. The van der Waals surface area contributed by atoms with Gasteiger partial charge in [0.05, 0.1) is 6.61 Å². The molecule has 7 heteroatoms. The lowest BCUT2D eigenvalue weighted by Gasteiger charge is -2.13. The predicted octanol–water partition coefficient (Wildman–Crippen LogP) is 3.59. The number of thiophene rings is 1. The van der Waals surface area contributed by atoms with Gasteiger partial charge in [0.15, 0.2) is 0 Å². The SMILES string of the molecule is CCOc1cc(C)c(Cl)cc1S(=O)(=O)NCc1cccs1. The van der Waals surface area contributed by atoms with Crippen LogP contribution in [0, 0.1) is 6.92 Å².